The Morgan fingerprint density at radius 3 is 2.24 bits per heavy atom. The van der Waals surface area contributed by atoms with E-state index in [2.05, 4.69) is 5.32 Å². The zero-order chi connectivity index (χ0) is 21.4. The van der Waals surface area contributed by atoms with Crippen LogP contribution in [0.3, 0.4) is 0 Å². The second-order valence-electron chi connectivity index (χ2n) is 6.68. The number of carbonyl (C=O) groups is 2. The number of carboxylic acid groups (broad SMARTS) is 1. The summed E-state index contributed by atoms with van der Waals surface area (Å²) >= 11 is 11.9. The molecule has 0 unspecified atom stereocenters. The third-order valence-electron chi connectivity index (χ3n) is 4.88. The second-order valence-corrected chi connectivity index (χ2v) is 9.56. The average molecular weight is 458 g/mol. The molecule has 1 saturated heterocycles. The molecule has 0 bridgehead atoms. The lowest BCUT2D eigenvalue weighted by molar-refractivity contribution is -0.139. The second kappa shape index (κ2) is 8.04. The van der Waals surface area contributed by atoms with Gasteiger partial charge in [-0.1, -0.05) is 47.5 Å². The van der Waals surface area contributed by atoms with E-state index in [1.807, 2.05) is 0 Å². The molecule has 1 fully saturated rings. The number of nitrogens with one attached hydrogen (secondary N) is 1. The first-order valence-electron chi connectivity index (χ1n) is 8.57. The van der Waals surface area contributed by atoms with Crippen molar-refractivity contribution in [1.29, 1.82) is 0 Å². The SMILES string of the molecule is O=C(O)[C@@H]1C[C@@H](C(=O)[C@@](O)(c2ccc(Cl)cc2)S(=O)(=O)c2ccccc2Cl)CN1. The summed E-state index contributed by atoms with van der Waals surface area (Å²) in [6.07, 6.45) is -0.151. The molecule has 1 heterocycles. The average Bonchev–Trinajstić information content (AvgIpc) is 3.18. The molecule has 10 heteroatoms. The van der Waals surface area contributed by atoms with E-state index in [-0.39, 0.29) is 28.6 Å². The van der Waals surface area contributed by atoms with Crippen LogP contribution in [0, 0.1) is 5.92 Å². The Morgan fingerprint density at radius 2 is 1.69 bits per heavy atom. The standard InChI is InChI=1S/C19H17Cl2NO6S/c20-13-7-5-12(6-8-13)19(26,17(23)11-9-15(18(24)25)22-10-11)29(27,28)16-4-2-1-3-14(16)21/h1-8,11,15,22,26H,9-10H2,(H,24,25)/t11-,15+,19-/m1/s1. The zero-order valence-corrected chi connectivity index (χ0v) is 17.2. The predicted molar refractivity (Wildman–Crippen MR) is 107 cm³/mol. The molecule has 154 valence electrons. The molecule has 1 aliphatic heterocycles. The lowest BCUT2D eigenvalue weighted by atomic mass is 9.92. The highest BCUT2D eigenvalue weighted by Gasteiger charge is 2.55. The van der Waals surface area contributed by atoms with Gasteiger partial charge in [0.1, 0.15) is 6.04 Å². The first kappa shape index (κ1) is 21.7. The van der Waals surface area contributed by atoms with Crippen LogP contribution in [0.15, 0.2) is 53.4 Å². The summed E-state index contributed by atoms with van der Waals surface area (Å²) < 4.78 is 26.9. The van der Waals surface area contributed by atoms with Gasteiger partial charge in [-0.25, -0.2) is 8.42 Å². The number of carboxylic acids is 1. The summed E-state index contributed by atoms with van der Waals surface area (Å²) in [5, 5.41) is 23.4. The van der Waals surface area contributed by atoms with E-state index in [0.29, 0.717) is 0 Å². The van der Waals surface area contributed by atoms with Crippen molar-refractivity contribution in [1.82, 2.24) is 5.32 Å². The molecule has 1 aliphatic rings. The lowest BCUT2D eigenvalue weighted by Crippen LogP contribution is -2.47. The number of aliphatic carboxylic acids is 1. The first-order valence-corrected chi connectivity index (χ1v) is 10.8. The van der Waals surface area contributed by atoms with Crippen LogP contribution in [0.25, 0.3) is 0 Å². The van der Waals surface area contributed by atoms with Gasteiger partial charge in [0.05, 0.1) is 9.92 Å². The monoisotopic (exact) mass is 457 g/mol. The Morgan fingerprint density at radius 1 is 1.07 bits per heavy atom. The fourth-order valence-electron chi connectivity index (χ4n) is 3.33. The molecule has 29 heavy (non-hydrogen) atoms. The van der Waals surface area contributed by atoms with Crippen molar-refractivity contribution in [3.8, 4) is 0 Å². The summed E-state index contributed by atoms with van der Waals surface area (Å²) in [6.45, 7) is -0.0796. The Balaban J connectivity index is 2.15. The van der Waals surface area contributed by atoms with Crippen molar-refractivity contribution in [2.75, 3.05) is 6.54 Å². The first-order chi connectivity index (χ1) is 13.6. The van der Waals surface area contributed by atoms with Crippen LogP contribution in [0.1, 0.15) is 12.0 Å². The molecule has 0 aromatic heterocycles. The van der Waals surface area contributed by atoms with Crippen LogP contribution in [-0.4, -0.2) is 43.0 Å². The normalized spacial score (nSPS) is 21.5. The Bertz CT molecular complexity index is 1060. The van der Waals surface area contributed by atoms with Crippen LogP contribution < -0.4 is 5.32 Å². The number of ketones is 1. The van der Waals surface area contributed by atoms with Gasteiger partial charge >= 0.3 is 5.97 Å². The molecular formula is C19H17Cl2NO6S. The minimum atomic E-state index is -4.72. The van der Waals surface area contributed by atoms with Gasteiger partial charge in [0, 0.05) is 23.0 Å². The maximum absolute atomic E-state index is 13.4. The number of benzene rings is 2. The van der Waals surface area contributed by atoms with E-state index in [9.17, 15) is 23.1 Å². The molecule has 3 rings (SSSR count). The van der Waals surface area contributed by atoms with E-state index >= 15 is 0 Å². The molecule has 3 N–H and O–H groups in total. The molecule has 0 radical (unpaired) electrons. The Kier molecular flexibility index (Phi) is 6.03. The number of halogens is 2. The maximum atomic E-state index is 13.4. The number of Topliss-reactive ketones (excluding diaryl/α,β-unsaturated/α-hetero) is 1. The van der Waals surface area contributed by atoms with Crippen molar-refractivity contribution in [3.05, 3.63) is 64.1 Å². The van der Waals surface area contributed by atoms with Gasteiger partial charge < -0.3 is 15.5 Å². The van der Waals surface area contributed by atoms with Crippen molar-refractivity contribution in [3.63, 3.8) is 0 Å². The highest BCUT2D eigenvalue weighted by Crippen LogP contribution is 2.40. The van der Waals surface area contributed by atoms with Gasteiger partial charge in [-0.15, -0.1) is 0 Å². The Hall–Kier alpha value is -1.97. The largest absolute Gasteiger partial charge is 0.480 e. The third kappa shape index (κ3) is 3.78. The summed E-state index contributed by atoms with van der Waals surface area (Å²) in [6, 6.07) is 9.64. The van der Waals surface area contributed by atoms with Crippen molar-refractivity contribution >= 4 is 44.8 Å². The number of aliphatic hydroxyl groups is 1. The van der Waals surface area contributed by atoms with Crippen LogP contribution in [0.5, 0.6) is 0 Å². The highest BCUT2D eigenvalue weighted by molar-refractivity contribution is 7.93. The van der Waals surface area contributed by atoms with Crippen LogP contribution in [0.2, 0.25) is 10.0 Å². The van der Waals surface area contributed by atoms with E-state index in [0.717, 1.165) is 0 Å². The molecule has 3 atom stereocenters. The van der Waals surface area contributed by atoms with Gasteiger partial charge in [-0.05, 0) is 30.7 Å². The van der Waals surface area contributed by atoms with E-state index in [4.69, 9.17) is 28.3 Å². The van der Waals surface area contributed by atoms with Gasteiger partial charge in [0.2, 0.25) is 9.84 Å². The summed E-state index contributed by atoms with van der Waals surface area (Å²) in [5.74, 6) is -3.23. The van der Waals surface area contributed by atoms with Crippen LogP contribution >= 0.6 is 23.2 Å². The van der Waals surface area contributed by atoms with E-state index < -0.39 is 43.4 Å². The molecule has 0 saturated carbocycles. The van der Waals surface area contributed by atoms with Gasteiger partial charge in [-0.3, -0.25) is 9.59 Å². The van der Waals surface area contributed by atoms with Crippen LogP contribution in [0.4, 0.5) is 0 Å². The van der Waals surface area contributed by atoms with Crippen molar-refractivity contribution in [2.45, 2.75) is 22.3 Å². The zero-order valence-electron chi connectivity index (χ0n) is 14.9. The van der Waals surface area contributed by atoms with Crippen LogP contribution in [-0.2, 0) is 24.4 Å². The minimum Gasteiger partial charge on any atom is -0.480 e. The molecule has 7 nitrogen and oxygen atoms in total. The molecule has 0 spiro atoms. The fraction of sp³-hybridized carbons (Fsp3) is 0.263. The molecule has 0 aliphatic carbocycles. The van der Waals surface area contributed by atoms with Gasteiger partial charge in [0.15, 0.2) is 5.78 Å². The maximum Gasteiger partial charge on any atom is 0.320 e. The van der Waals surface area contributed by atoms with Crippen molar-refractivity contribution in [2.24, 2.45) is 5.92 Å². The number of rotatable bonds is 6. The number of sulfone groups is 1. The number of hydrogen-bond acceptors (Lipinski definition) is 6. The molecule has 0 amide bonds. The van der Waals surface area contributed by atoms with Crippen molar-refractivity contribution < 1.29 is 28.2 Å². The molecular weight excluding hydrogens is 441 g/mol. The minimum absolute atomic E-state index is 0.0796. The van der Waals surface area contributed by atoms with E-state index in [1.165, 1.54) is 48.5 Å². The topological polar surface area (TPSA) is 121 Å². The molecule has 2 aromatic rings. The van der Waals surface area contributed by atoms with Gasteiger partial charge in [0.25, 0.3) is 4.93 Å². The third-order valence-corrected chi connectivity index (χ3v) is 7.73. The summed E-state index contributed by atoms with van der Waals surface area (Å²) in [7, 11) is -4.72. The number of carbonyl (C=O) groups excluding carboxylic acids is 1. The summed E-state index contributed by atoms with van der Waals surface area (Å²) in [4.78, 5) is 21.1. The molecule has 2 aromatic carbocycles. The lowest BCUT2D eigenvalue weighted by Gasteiger charge is -2.29. The smallest absolute Gasteiger partial charge is 0.320 e. The summed E-state index contributed by atoms with van der Waals surface area (Å²) in [5.41, 5.74) is -0.203. The Labute approximate surface area is 177 Å². The van der Waals surface area contributed by atoms with E-state index in [1.54, 1.807) is 0 Å². The fourth-order valence-corrected chi connectivity index (χ4v) is 5.67. The van der Waals surface area contributed by atoms with Gasteiger partial charge in [-0.2, -0.15) is 0 Å². The number of hydrogen-bond donors (Lipinski definition) is 3. The predicted octanol–water partition coefficient (Wildman–Crippen LogP) is 2.24. The highest BCUT2D eigenvalue weighted by atomic mass is 35.5. The quantitative estimate of drug-likeness (QED) is 0.607.